The lowest BCUT2D eigenvalue weighted by Crippen LogP contribution is -2.14. The van der Waals surface area contributed by atoms with Crippen molar-refractivity contribution >= 4 is 11.0 Å². The largest absolute Gasteiger partial charge is 0.331 e. The average molecular weight is 255 g/mol. The van der Waals surface area contributed by atoms with E-state index in [0.29, 0.717) is 0 Å². The lowest BCUT2D eigenvalue weighted by Gasteiger charge is -2.02. The number of imidazole rings is 1. The summed E-state index contributed by atoms with van der Waals surface area (Å²) in [5.41, 5.74) is 3.46. The lowest BCUT2D eigenvalue weighted by molar-refractivity contribution is 1.01. The molecule has 0 fully saturated rings. The monoisotopic (exact) mass is 255 g/mol. The molecule has 0 bridgehead atoms. The van der Waals surface area contributed by atoms with Crippen LogP contribution in [0, 0.1) is 6.92 Å². The molecule has 19 heavy (non-hydrogen) atoms. The molecule has 4 heteroatoms. The second kappa shape index (κ2) is 5.52. The van der Waals surface area contributed by atoms with Crippen molar-refractivity contribution in [3.8, 4) is 5.69 Å². The van der Waals surface area contributed by atoms with Crippen LogP contribution < -0.4 is 5.69 Å². The van der Waals surface area contributed by atoms with E-state index in [0.717, 1.165) is 16.7 Å². The molecule has 0 unspecified atom stereocenters. The van der Waals surface area contributed by atoms with Crippen LogP contribution in [0.5, 0.6) is 0 Å². The Hall–Kier alpha value is -2.36. The number of aryl methyl sites for hydroxylation is 1. The Kier molecular flexibility index (Phi) is 3.80. The first kappa shape index (κ1) is 13.1. The summed E-state index contributed by atoms with van der Waals surface area (Å²) >= 11 is 0. The number of hydrogen-bond acceptors (Lipinski definition) is 2. The first-order chi connectivity index (χ1) is 9.25. The fraction of sp³-hybridized carbons (Fsp3) is 0.200. The highest BCUT2D eigenvalue weighted by molar-refractivity contribution is 5.75. The van der Waals surface area contributed by atoms with E-state index in [1.54, 1.807) is 23.0 Å². The molecule has 0 aliphatic carbocycles. The van der Waals surface area contributed by atoms with Gasteiger partial charge in [-0.1, -0.05) is 31.5 Å². The SMILES string of the molecule is CC.Cc1ccc(-n2c(=O)[nH]c3ccncc32)cc1. The van der Waals surface area contributed by atoms with Gasteiger partial charge in [-0.2, -0.15) is 0 Å². The number of aromatic amines is 1. The summed E-state index contributed by atoms with van der Waals surface area (Å²) in [7, 11) is 0. The summed E-state index contributed by atoms with van der Waals surface area (Å²) in [5.74, 6) is 0. The van der Waals surface area contributed by atoms with E-state index in [1.165, 1.54) is 5.56 Å². The third kappa shape index (κ3) is 2.42. The Morgan fingerprint density at radius 1 is 1.11 bits per heavy atom. The minimum absolute atomic E-state index is 0.142. The second-order valence-corrected chi connectivity index (χ2v) is 3.99. The van der Waals surface area contributed by atoms with Crippen LogP contribution >= 0.6 is 0 Å². The van der Waals surface area contributed by atoms with Gasteiger partial charge in [-0.15, -0.1) is 0 Å². The Morgan fingerprint density at radius 3 is 2.47 bits per heavy atom. The molecule has 3 aromatic rings. The maximum absolute atomic E-state index is 11.9. The molecule has 2 aromatic heterocycles. The third-order valence-corrected chi connectivity index (χ3v) is 2.78. The van der Waals surface area contributed by atoms with Gasteiger partial charge in [0.2, 0.25) is 0 Å². The van der Waals surface area contributed by atoms with Crippen LogP contribution in [0.2, 0.25) is 0 Å². The van der Waals surface area contributed by atoms with Gasteiger partial charge in [0.25, 0.3) is 0 Å². The zero-order chi connectivity index (χ0) is 13.8. The first-order valence-electron chi connectivity index (χ1n) is 6.37. The Bertz CT molecular complexity index is 723. The van der Waals surface area contributed by atoms with E-state index in [9.17, 15) is 4.79 Å². The third-order valence-electron chi connectivity index (χ3n) is 2.78. The van der Waals surface area contributed by atoms with Gasteiger partial charge < -0.3 is 4.98 Å². The molecule has 0 amide bonds. The summed E-state index contributed by atoms with van der Waals surface area (Å²) in [6.45, 7) is 6.02. The number of aromatic nitrogens is 3. The number of nitrogens with zero attached hydrogens (tertiary/aromatic N) is 2. The molecule has 4 nitrogen and oxygen atoms in total. The number of nitrogens with one attached hydrogen (secondary N) is 1. The van der Waals surface area contributed by atoms with Crippen molar-refractivity contribution in [1.29, 1.82) is 0 Å². The highest BCUT2D eigenvalue weighted by Gasteiger charge is 2.07. The number of fused-ring (bicyclic) bond motifs is 1. The average Bonchev–Trinajstić information content (AvgIpc) is 2.78. The molecule has 0 spiro atoms. The van der Waals surface area contributed by atoms with Crippen LogP contribution in [-0.2, 0) is 0 Å². The van der Waals surface area contributed by atoms with E-state index in [2.05, 4.69) is 9.97 Å². The summed E-state index contributed by atoms with van der Waals surface area (Å²) < 4.78 is 1.63. The highest BCUT2D eigenvalue weighted by atomic mass is 16.1. The van der Waals surface area contributed by atoms with Gasteiger partial charge in [0.1, 0.15) is 0 Å². The van der Waals surface area contributed by atoms with Gasteiger partial charge >= 0.3 is 5.69 Å². The van der Waals surface area contributed by atoms with Gasteiger partial charge in [-0.05, 0) is 25.1 Å². The first-order valence-corrected chi connectivity index (χ1v) is 6.37. The summed E-state index contributed by atoms with van der Waals surface area (Å²) in [5, 5.41) is 0. The van der Waals surface area contributed by atoms with Crippen LogP contribution in [0.3, 0.4) is 0 Å². The number of hydrogen-bond donors (Lipinski definition) is 1. The molecule has 3 rings (SSSR count). The Balaban J connectivity index is 0.000000637. The normalized spacial score (nSPS) is 10.1. The van der Waals surface area contributed by atoms with Crippen LogP contribution in [0.25, 0.3) is 16.7 Å². The maximum atomic E-state index is 11.9. The summed E-state index contributed by atoms with van der Waals surface area (Å²) in [6, 6.07) is 9.61. The van der Waals surface area contributed by atoms with E-state index in [4.69, 9.17) is 0 Å². The molecule has 0 saturated heterocycles. The highest BCUT2D eigenvalue weighted by Crippen LogP contribution is 2.14. The maximum Gasteiger partial charge on any atom is 0.331 e. The molecular weight excluding hydrogens is 238 g/mol. The molecule has 2 heterocycles. The predicted molar refractivity (Wildman–Crippen MR) is 77.8 cm³/mol. The number of rotatable bonds is 1. The molecule has 0 aliphatic heterocycles. The smallest absolute Gasteiger partial charge is 0.305 e. The molecule has 0 aliphatic rings. The molecule has 1 aromatic carbocycles. The minimum Gasteiger partial charge on any atom is -0.305 e. The number of benzene rings is 1. The van der Waals surface area contributed by atoms with Crippen molar-refractivity contribution in [3.05, 3.63) is 58.8 Å². The van der Waals surface area contributed by atoms with E-state index < -0.39 is 0 Å². The van der Waals surface area contributed by atoms with Crippen molar-refractivity contribution in [2.24, 2.45) is 0 Å². The fourth-order valence-electron chi connectivity index (χ4n) is 1.90. The predicted octanol–water partition coefficient (Wildman–Crippen LogP) is 3.05. The zero-order valence-electron chi connectivity index (χ0n) is 11.3. The molecular formula is C15H17N3O. The summed E-state index contributed by atoms with van der Waals surface area (Å²) in [4.78, 5) is 18.8. The molecule has 1 N–H and O–H groups in total. The van der Waals surface area contributed by atoms with Crippen molar-refractivity contribution < 1.29 is 0 Å². The summed E-state index contributed by atoms with van der Waals surface area (Å²) in [6.07, 6.45) is 3.35. The van der Waals surface area contributed by atoms with Crippen LogP contribution in [0.4, 0.5) is 0 Å². The Labute approximate surface area is 111 Å². The van der Waals surface area contributed by atoms with Gasteiger partial charge in [0, 0.05) is 6.20 Å². The van der Waals surface area contributed by atoms with E-state index in [-0.39, 0.29) is 5.69 Å². The van der Waals surface area contributed by atoms with Crippen molar-refractivity contribution in [3.63, 3.8) is 0 Å². The van der Waals surface area contributed by atoms with E-state index in [1.807, 2.05) is 45.0 Å². The number of H-pyrrole nitrogens is 1. The van der Waals surface area contributed by atoms with Crippen molar-refractivity contribution in [2.45, 2.75) is 20.8 Å². The second-order valence-electron chi connectivity index (χ2n) is 3.99. The topological polar surface area (TPSA) is 50.7 Å². The zero-order valence-corrected chi connectivity index (χ0v) is 11.3. The minimum atomic E-state index is -0.142. The van der Waals surface area contributed by atoms with Gasteiger partial charge in [0.15, 0.2) is 0 Å². The van der Waals surface area contributed by atoms with Gasteiger partial charge in [-0.25, -0.2) is 4.79 Å². The number of pyridine rings is 1. The Morgan fingerprint density at radius 2 is 1.79 bits per heavy atom. The molecule has 0 radical (unpaired) electrons. The quantitative estimate of drug-likeness (QED) is 0.726. The lowest BCUT2D eigenvalue weighted by atomic mass is 10.2. The molecule has 98 valence electrons. The molecule has 0 saturated carbocycles. The van der Waals surface area contributed by atoms with Crippen molar-refractivity contribution in [2.75, 3.05) is 0 Å². The van der Waals surface area contributed by atoms with E-state index >= 15 is 0 Å². The van der Waals surface area contributed by atoms with Crippen LogP contribution in [-0.4, -0.2) is 14.5 Å². The fourth-order valence-corrected chi connectivity index (χ4v) is 1.90. The van der Waals surface area contributed by atoms with Crippen LogP contribution in [0.15, 0.2) is 47.5 Å². The van der Waals surface area contributed by atoms with Gasteiger partial charge in [-0.3, -0.25) is 9.55 Å². The van der Waals surface area contributed by atoms with Gasteiger partial charge in [0.05, 0.1) is 22.9 Å². The molecule has 0 atom stereocenters. The van der Waals surface area contributed by atoms with Crippen LogP contribution in [0.1, 0.15) is 19.4 Å². The standard InChI is InChI=1S/C13H11N3O.C2H6/c1-9-2-4-10(5-3-9)16-12-8-14-7-6-11(12)15-13(16)17;1-2/h2-8H,1H3,(H,15,17);1-2H3. The van der Waals surface area contributed by atoms with Crippen molar-refractivity contribution in [1.82, 2.24) is 14.5 Å².